The molecule has 5 heteroatoms. The molecule has 1 aliphatic rings. The average Bonchev–Trinajstić information content (AvgIpc) is 3.19. The van der Waals surface area contributed by atoms with Gasteiger partial charge < -0.3 is 14.9 Å². The first kappa shape index (κ1) is 12.9. The van der Waals surface area contributed by atoms with Gasteiger partial charge >= 0.3 is 0 Å². The van der Waals surface area contributed by atoms with Crippen molar-refractivity contribution in [3.8, 4) is 11.4 Å². The van der Waals surface area contributed by atoms with Gasteiger partial charge in [-0.1, -0.05) is 30.3 Å². The Morgan fingerprint density at radius 3 is 3.05 bits per heavy atom. The maximum Gasteiger partial charge on any atom is 0.253 e. The standard InChI is InChI=1S/C17H16N4O/c22-17(20-10-12-4-2-1-3-5-12)13-11-19-14-6-8-21-9-7-18-16(21)15(13)14/h1-5,7,9,11,19H,6,8,10H2,(H,20,22). The number of fused-ring (bicyclic) bond motifs is 3. The van der Waals surface area contributed by atoms with E-state index in [1.165, 1.54) is 0 Å². The van der Waals surface area contributed by atoms with E-state index >= 15 is 0 Å². The predicted octanol–water partition coefficient (Wildman–Crippen LogP) is 2.36. The van der Waals surface area contributed by atoms with Gasteiger partial charge in [-0.05, 0) is 5.56 Å². The van der Waals surface area contributed by atoms with Gasteiger partial charge in [0, 0.05) is 43.8 Å². The van der Waals surface area contributed by atoms with Crippen molar-refractivity contribution in [2.45, 2.75) is 19.5 Å². The van der Waals surface area contributed by atoms with Crippen LogP contribution in [0.3, 0.4) is 0 Å². The third kappa shape index (κ3) is 2.11. The first-order chi connectivity index (χ1) is 10.8. The monoisotopic (exact) mass is 292 g/mol. The SMILES string of the molecule is O=C(NCc1ccccc1)c1c[nH]c2c1-c1nccn1CC2. The van der Waals surface area contributed by atoms with Gasteiger partial charge in [0.05, 0.1) is 11.1 Å². The fraction of sp³-hybridized carbons (Fsp3) is 0.176. The minimum Gasteiger partial charge on any atom is -0.364 e. The van der Waals surface area contributed by atoms with Crippen LogP contribution in [0.4, 0.5) is 0 Å². The summed E-state index contributed by atoms with van der Waals surface area (Å²) in [6, 6.07) is 9.90. The zero-order valence-corrected chi connectivity index (χ0v) is 12.0. The van der Waals surface area contributed by atoms with E-state index in [2.05, 4.69) is 19.9 Å². The minimum atomic E-state index is -0.0715. The van der Waals surface area contributed by atoms with Gasteiger partial charge in [-0.25, -0.2) is 4.98 Å². The molecule has 0 atom stereocenters. The molecule has 110 valence electrons. The maximum atomic E-state index is 12.5. The Kier molecular flexibility index (Phi) is 3.04. The van der Waals surface area contributed by atoms with E-state index in [1.54, 1.807) is 12.4 Å². The molecule has 3 heterocycles. The highest BCUT2D eigenvalue weighted by atomic mass is 16.1. The Balaban J connectivity index is 1.59. The van der Waals surface area contributed by atoms with Gasteiger partial charge in [0.2, 0.25) is 0 Å². The topological polar surface area (TPSA) is 62.7 Å². The van der Waals surface area contributed by atoms with Crippen molar-refractivity contribution < 1.29 is 4.79 Å². The smallest absolute Gasteiger partial charge is 0.253 e. The molecular weight excluding hydrogens is 276 g/mol. The lowest BCUT2D eigenvalue weighted by Crippen LogP contribution is -2.23. The molecule has 22 heavy (non-hydrogen) atoms. The number of carbonyl (C=O) groups is 1. The molecule has 5 nitrogen and oxygen atoms in total. The number of rotatable bonds is 3. The molecule has 2 N–H and O–H groups in total. The number of benzene rings is 1. The van der Waals surface area contributed by atoms with E-state index in [4.69, 9.17) is 0 Å². The lowest BCUT2D eigenvalue weighted by atomic mass is 10.0. The highest BCUT2D eigenvalue weighted by Crippen LogP contribution is 2.30. The van der Waals surface area contributed by atoms with Crippen LogP contribution in [0, 0.1) is 0 Å². The van der Waals surface area contributed by atoms with Crippen LogP contribution < -0.4 is 5.32 Å². The lowest BCUT2D eigenvalue weighted by Gasteiger charge is -2.15. The first-order valence-corrected chi connectivity index (χ1v) is 7.37. The molecule has 1 amide bonds. The molecule has 0 saturated heterocycles. The van der Waals surface area contributed by atoms with Crippen LogP contribution in [0.1, 0.15) is 21.6 Å². The van der Waals surface area contributed by atoms with E-state index in [0.29, 0.717) is 12.1 Å². The Morgan fingerprint density at radius 2 is 2.18 bits per heavy atom. The van der Waals surface area contributed by atoms with E-state index in [1.807, 2.05) is 36.5 Å². The molecule has 0 fully saturated rings. The summed E-state index contributed by atoms with van der Waals surface area (Å²) >= 11 is 0. The number of aryl methyl sites for hydroxylation is 2. The van der Waals surface area contributed by atoms with Crippen molar-refractivity contribution in [3.05, 3.63) is 65.7 Å². The number of H-pyrrole nitrogens is 1. The number of aromatic amines is 1. The largest absolute Gasteiger partial charge is 0.364 e. The van der Waals surface area contributed by atoms with E-state index in [0.717, 1.165) is 35.6 Å². The Labute approximate surface area is 128 Å². The highest BCUT2D eigenvalue weighted by Gasteiger charge is 2.25. The third-order valence-corrected chi connectivity index (χ3v) is 4.04. The lowest BCUT2D eigenvalue weighted by molar-refractivity contribution is 0.0951. The molecule has 1 aromatic carbocycles. The normalized spacial score (nSPS) is 12.5. The summed E-state index contributed by atoms with van der Waals surface area (Å²) in [7, 11) is 0. The summed E-state index contributed by atoms with van der Waals surface area (Å²) in [6.07, 6.45) is 6.42. The van der Waals surface area contributed by atoms with Gasteiger partial charge in [-0.2, -0.15) is 0 Å². The van der Waals surface area contributed by atoms with Gasteiger partial charge in [0.25, 0.3) is 5.91 Å². The number of nitrogens with one attached hydrogen (secondary N) is 2. The molecule has 0 aliphatic carbocycles. The number of imidazole rings is 1. The molecule has 0 bridgehead atoms. The molecule has 0 radical (unpaired) electrons. The molecule has 4 rings (SSSR count). The summed E-state index contributed by atoms with van der Waals surface area (Å²) in [6.45, 7) is 1.42. The van der Waals surface area contributed by atoms with Crippen molar-refractivity contribution in [2.24, 2.45) is 0 Å². The van der Waals surface area contributed by atoms with Crippen molar-refractivity contribution in [3.63, 3.8) is 0 Å². The number of nitrogens with zero attached hydrogens (tertiary/aromatic N) is 2. The van der Waals surface area contributed by atoms with Crippen LogP contribution in [0.15, 0.2) is 48.9 Å². The van der Waals surface area contributed by atoms with E-state index in [9.17, 15) is 4.79 Å². The van der Waals surface area contributed by atoms with Crippen molar-refractivity contribution in [2.75, 3.05) is 0 Å². The summed E-state index contributed by atoms with van der Waals surface area (Å²) in [5.41, 5.74) is 3.77. The number of hydrogen-bond acceptors (Lipinski definition) is 2. The number of carbonyl (C=O) groups excluding carboxylic acids is 1. The first-order valence-electron chi connectivity index (χ1n) is 7.37. The van der Waals surface area contributed by atoms with Gasteiger partial charge in [-0.15, -0.1) is 0 Å². The molecule has 0 saturated carbocycles. The van der Waals surface area contributed by atoms with Gasteiger partial charge in [0.1, 0.15) is 5.82 Å². The Morgan fingerprint density at radius 1 is 1.32 bits per heavy atom. The van der Waals surface area contributed by atoms with Crippen molar-refractivity contribution in [1.82, 2.24) is 19.9 Å². The van der Waals surface area contributed by atoms with Crippen LogP contribution in [0.5, 0.6) is 0 Å². The summed E-state index contributed by atoms with van der Waals surface area (Å²) in [5.74, 6) is 0.796. The number of aromatic nitrogens is 3. The summed E-state index contributed by atoms with van der Waals surface area (Å²) in [5, 5.41) is 2.98. The van der Waals surface area contributed by atoms with E-state index < -0.39 is 0 Å². The van der Waals surface area contributed by atoms with Gasteiger partial charge in [-0.3, -0.25) is 4.79 Å². The van der Waals surface area contributed by atoms with Crippen LogP contribution >= 0.6 is 0 Å². The zero-order chi connectivity index (χ0) is 14.9. The Hall–Kier alpha value is -2.82. The minimum absolute atomic E-state index is 0.0715. The molecule has 3 aromatic rings. The fourth-order valence-electron chi connectivity index (χ4n) is 2.92. The van der Waals surface area contributed by atoms with Crippen LogP contribution in [0.2, 0.25) is 0 Å². The molecule has 0 unspecified atom stereocenters. The average molecular weight is 292 g/mol. The molecule has 2 aromatic heterocycles. The second-order valence-corrected chi connectivity index (χ2v) is 5.42. The van der Waals surface area contributed by atoms with Crippen LogP contribution in [-0.4, -0.2) is 20.4 Å². The van der Waals surface area contributed by atoms with Crippen molar-refractivity contribution >= 4 is 5.91 Å². The van der Waals surface area contributed by atoms with Crippen molar-refractivity contribution in [1.29, 1.82) is 0 Å². The third-order valence-electron chi connectivity index (χ3n) is 4.04. The summed E-state index contributed by atoms with van der Waals surface area (Å²) in [4.78, 5) is 20.1. The number of amides is 1. The van der Waals surface area contributed by atoms with Crippen LogP contribution in [0.25, 0.3) is 11.4 Å². The number of hydrogen-bond donors (Lipinski definition) is 2. The second-order valence-electron chi connectivity index (χ2n) is 5.42. The maximum absolute atomic E-state index is 12.5. The molecule has 1 aliphatic heterocycles. The predicted molar refractivity (Wildman–Crippen MR) is 83.3 cm³/mol. The molecular formula is C17H16N4O. The zero-order valence-electron chi connectivity index (χ0n) is 12.0. The highest BCUT2D eigenvalue weighted by molar-refractivity contribution is 6.01. The Bertz CT molecular complexity index is 816. The van der Waals surface area contributed by atoms with E-state index in [-0.39, 0.29) is 5.91 Å². The fourth-order valence-corrected chi connectivity index (χ4v) is 2.92. The van der Waals surface area contributed by atoms with Gasteiger partial charge in [0.15, 0.2) is 0 Å². The van der Waals surface area contributed by atoms with Crippen LogP contribution in [-0.2, 0) is 19.5 Å². The summed E-state index contributed by atoms with van der Waals surface area (Å²) < 4.78 is 2.09. The molecule has 0 spiro atoms. The second kappa shape index (κ2) is 5.18. The quantitative estimate of drug-likeness (QED) is 0.778.